The van der Waals surface area contributed by atoms with Crippen LogP contribution in [0.4, 0.5) is 0 Å². The molecule has 0 aromatic rings. The van der Waals surface area contributed by atoms with E-state index in [2.05, 4.69) is 44.5 Å². The van der Waals surface area contributed by atoms with Gasteiger partial charge in [0.2, 0.25) is 0 Å². The molecule has 0 aromatic heterocycles. The first-order chi connectivity index (χ1) is 8.73. The zero-order valence-electron chi connectivity index (χ0n) is 12.4. The van der Waals surface area contributed by atoms with E-state index < -0.39 is 0 Å². The van der Waals surface area contributed by atoms with E-state index in [-0.39, 0.29) is 23.9 Å². The normalized spacial score (nSPS) is 22.8. The molecule has 0 aliphatic carbocycles. The summed E-state index contributed by atoms with van der Waals surface area (Å²) < 4.78 is 5.82. The Morgan fingerprint density at radius 1 is 1.42 bits per heavy atom. The van der Waals surface area contributed by atoms with E-state index in [1.54, 1.807) is 6.08 Å². The smallest absolute Gasteiger partial charge is 0.257 e. The summed E-state index contributed by atoms with van der Waals surface area (Å²) in [5.74, 6) is 0. The van der Waals surface area contributed by atoms with Crippen molar-refractivity contribution in [3.63, 3.8) is 0 Å². The highest BCUT2D eigenvalue weighted by atomic mass is 32.1. The van der Waals surface area contributed by atoms with Crippen molar-refractivity contribution in [2.45, 2.75) is 57.7 Å². The lowest BCUT2D eigenvalue weighted by Crippen LogP contribution is -2.62. The topological polar surface area (TPSA) is 44.7 Å². The van der Waals surface area contributed by atoms with E-state index in [4.69, 9.17) is 17.0 Å². The average Bonchev–Trinajstić information content (AvgIpc) is 2.23. The number of ether oxygens (including phenoxy) is 1. The number of thiocarbonyl (C=S) groups is 1. The average molecular weight is 286 g/mol. The summed E-state index contributed by atoms with van der Waals surface area (Å²) in [4.78, 5) is 2.11. The molecule has 0 unspecified atom stereocenters. The summed E-state index contributed by atoms with van der Waals surface area (Å²) in [5.41, 5.74) is -0.232. The molecule has 4 nitrogen and oxygen atoms in total. The third-order valence-corrected chi connectivity index (χ3v) is 3.96. The van der Waals surface area contributed by atoms with E-state index in [1.807, 2.05) is 0 Å². The van der Waals surface area contributed by atoms with Gasteiger partial charge in [-0.25, -0.2) is 0 Å². The minimum Gasteiger partial charge on any atom is -0.468 e. The molecule has 1 heterocycles. The van der Waals surface area contributed by atoms with Crippen molar-refractivity contribution in [2.75, 3.05) is 13.3 Å². The predicted molar refractivity (Wildman–Crippen MR) is 82.0 cm³/mol. The van der Waals surface area contributed by atoms with Crippen molar-refractivity contribution in [3.8, 4) is 0 Å². The van der Waals surface area contributed by atoms with Crippen LogP contribution in [0.1, 0.15) is 40.5 Å². The third kappa shape index (κ3) is 4.16. The first-order valence-corrected chi connectivity index (χ1v) is 7.08. The number of aliphatic hydroxyl groups excluding tert-OH is 1. The first kappa shape index (κ1) is 16.4. The number of likely N-dealkylation sites (tertiary alicyclic amines) is 1. The van der Waals surface area contributed by atoms with Gasteiger partial charge in [-0.1, -0.05) is 6.08 Å². The number of hydrogen-bond acceptors (Lipinski definition) is 4. The highest BCUT2D eigenvalue weighted by molar-refractivity contribution is 7.80. The molecule has 19 heavy (non-hydrogen) atoms. The standard InChI is InChI=1S/C14H26N2O2S/c1-6-7-15-12(19)18-11-8-13(2,3)16(10-17)14(4,5)9-11/h6,11,17H,1,7-10H2,2-5H3,(H,15,19). The summed E-state index contributed by atoms with van der Waals surface area (Å²) in [6.45, 7) is 12.8. The lowest BCUT2D eigenvalue weighted by molar-refractivity contribution is -0.114. The summed E-state index contributed by atoms with van der Waals surface area (Å²) in [5, 5.41) is 13.0. The number of piperidine rings is 1. The van der Waals surface area contributed by atoms with E-state index in [0.717, 1.165) is 12.8 Å². The Morgan fingerprint density at radius 3 is 2.37 bits per heavy atom. The maximum Gasteiger partial charge on any atom is 0.257 e. The summed E-state index contributed by atoms with van der Waals surface area (Å²) in [7, 11) is 0. The molecule has 1 aliphatic heterocycles. The Kier molecular flexibility index (Phi) is 5.35. The second-order valence-corrected chi connectivity index (χ2v) is 6.67. The van der Waals surface area contributed by atoms with Crippen LogP contribution in [0, 0.1) is 0 Å². The van der Waals surface area contributed by atoms with Gasteiger partial charge >= 0.3 is 0 Å². The lowest BCUT2D eigenvalue weighted by Gasteiger charge is -2.54. The van der Waals surface area contributed by atoms with Crippen LogP contribution >= 0.6 is 12.2 Å². The molecule has 1 saturated heterocycles. The number of aliphatic hydroxyl groups is 1. The van der Waals surface area contributed by atoms with Crippen LogP contribution in [-0.4, -0.2) is 45.6 Å². The van der Waals surface area contributed by atoms with Crippen LogP contribution in [0.15, 0.2) is 12.7 Å². The van der Waals surface area contributed by atoms with Crippen LogP contribution in [-0.2, 0) is 4.74 Å². The minimum atomic E-state index is -0.116. The number of nitrogens with zero attached hydrogens (tertiary/aromatic N) is 1. The molecule has 0 aromatic carbocycles. The van der Waals surface area contributed by atoms with Gasteiger partial charge < -0.3 is 15.2 Å². The van der Waals surface area contributed by atoms with Gasteiger partial charge in [-0.05, 0) is 39.9 Å². The van der Waals surface area contributed by atoms with Crippen LogP contribution in [0.25, 0.3) is 0 Å². The largest absolute Gasteiger partial charge is 0.468 e. The van der Waals surface area contributed by atoms with Crippen molar-refractivity contribution >= 4 is 17.4 Å². The summed E-state index contributed by atoms with van der Waals surface area (Å²) in [6.07, 6.45) is 3.50. The highest BCUT2D eigenvalue weighted by Crippen LogP contribution is 2.38. The molecule has 1 aliphatic rings. The lowest BCUT2D eigenvalue weighted by atomic mass is 9.78. The molecule has 0 radical (unpaired) electrons. The summed E-state index contributed by atoms with van der Waals surface area (Å²) in [6, 6.07) is 0. The molecule has 0 atom stereocenters. The van der Waals surface area contributed by atoms with Gasteiger partial charge in [0.25, 0.3) is 5.17 Å². The Balaban J connectivity index is 2.69. The van der Waals surface area contributed by atoms with Gasteiger partial charge in [0, 0.05) is 30.5 Å². The summed E-state index contributed by atoms with van der Waals surface area (Å²) >= 11 is 5.16. The number of hydrogen-bond donors (Lipinski definition) is 2. The number of rotatable bonds is 4. The van der Waals surface area contributed by atoms with Crippen LogP contribution < -0.4 is 5.32 Å². The van der Waals surface area contributed by atoms with Gasteiger partial charge in [0.1, 0.15) is 6.10 Å². The van der Waals surface area contributed by atoms with Crippen molar-refractivity contribution < 1.29 is 9.84 Å². The molecular weight excluding hydrogens is 260 g/mol. The monoisotopic (exact) mass is 286 g/mol. The Labute approximate surface area is 121 Å². The van der Waals surface area contributed by atoms with Gasteiger partial charge in [0.05, 0.1) is 6.73 Å². The van der Waals surface area contributed by atoms with Crippen LogP contribution in [0.2, 0.25) is 0 Å². The Bertz CT molecular complexity index is 324. The number of nitrogens with one attached hydrogen (secondary N) is 1. The van der Waals surface area contributed by atoms with Gasteiger partial charge in [0.15, 0.2) is 0 Å². The first-order valence-electron chi connectivity index (χ1n) is 6.67. The molecule has 0 spiro atoms. The molecule has 0 saturated carbocycles. The van der Waals surface area contributed by atoms with E-state index in [0.29, 0.717) is 11.7 Å². The van der Waals surface area contributed by atoms with E-state index in [9.17, 15) is 5.11 Å². The van der Waals surface area contributed by atoms with Crippen LogP contribution in [0.5, 0.6) is 0 Å². The Morgan fingerprint density at radius 2 is 1.95 bits per heavy atom. The van der Waals surface area contributed by atoms with E-state index in [1.165, 1.54) is 0 Å². The molecule has 2 N–H and O–H groups in total. The van der Waals surface area contributed by atoms with Crippen LogP contribution in [0.3, 0.4) is 0 Å². The fourth-order valence-electron chi connectivity index (χ4n) is 3.04. The zero-order chi connectivity index (χ0) is 14.7. The third-order valence-electron chi connectivity index (χ3n) is 3.72. The van der Waals surface area contributed by atoms with Gasteiger partial charge in [-0.3, -0.25) is 4.90 Å². The second kappa shape index (κ2) is 6.20. The molecule has 110 valence electrons. The molecular formula is C14H26N2O2S. The quantitative estimate of drug-likeness (QED) is 0.611. The van der Waals surface area contributed by atoms with Crippen molar-refractivity contribution in [3.05, 3.63) is 12.7 Å². The fraction of sp³-hybridized carbons (Fsp3) is 0.786. The molecule has 1 rings (SSSR count). The van der Waals surface area contributed by atoms with Gasteiger partial charge in [-0.2, -0.15) is 0 Å². The highest BCUT2D eigenvalue weighted by Gasteiger charge is 2.45. The van der Waals surface area contributed by atoms with Crippen molar-refractivity contribution in [1.29, 1.82) is 0 Å². The SMILES string of the molecule is C=CCNC(=S)OC1CC(C)(C)N(CO)C(C)(C)C1. The molecule has 1 fully saturated rings. The van der Waals surface area contributed by atoms with Crippen molar-refractivity contribution in [2.24, 2.45) is 0 Å². The zero-order valence-corrected chi connectivity index (χ0v) is 13.2. The van der Waals surface area contributed by atoms with Crippen molar-refractivity contribution in [1.82, 2.24) is 10.2 Å². The molecule has 0 amide bonds. The second-order valence-electron chi connectivity index (χ2n) is 6.30. The fourth-order valence-corrected chi connectivity index (χ4v) is 3.26. The predicted octanol–water partition coefficient (Wildman–Crippen LogP) is 2.03. The van der Waals surface area contributed by atoms with Gasteiger partial charge in [-0.15, -0.1) is 6.58 Å². The maximum atomic E-state index is 9.58. The van der Waals surface area contributed by atoms with E-state index >= 15 is 0 Å². The molecule has 0 bridgehead atoms. The maximum absolute atomic E-state index is 9.58. The minimum absolute atomic E-state index is 0.0614. The molecule has 5 heteroatoms. The Hall–Kier alpha value is -0.650.